The summed E-state index contributed by atoms with van der Waals surface area (Å²) in [4.78, 5) is 19.1. The molecule has 2 N–H and O–H groups in total. The van der Waals surface area contributed by atoms with Crippen LogP contribution in [0.25, 0.3) is 10.1 Å². The molecule has 20 heavy (non-hydrogen) atoms. The van der Waals surface area contributed by atoms with E-state index in [1.807, 2.05) is 26.8 Å². The van der Waals surface area contributed by atoms with Crippen LogP contribution in [-0.4, -0.2) is 29.4 Å². The number of likely N-dealkylation sites (N-methyl/N-ethyl adjacent to an activating group) is 1. The first-order valence-corrected chi connectivity index (χ1v) is 7.19. The van der Waals surface area contributed by atoms with Crippen molar-refractivity contribution in [2.24, 2.45) is 0 Å². The molecule has 0 aliphatic rings. The van der Waals surface area contributed by atoms with Gasteiger partial charge in [0, 0.05) is 35.1 Å². The van der Waals surface area contributed by atoms with Gasteiger partial charge in [-0.05, 0) is 26.8 Å². The fourth-order valence-corrected chi connectivity index (χ4v) is 3.55. The van der Waals surface area contributed by atoms with Gasteiger partial charge < -0.3 is 10.6 Å². The van der Waals surface area contributed by atoms with Crippen LogP contribution in [0.15, 0.2) is 18.2 Å². The van der Waals surface area contributed by atoms with E-state index in [4.69, 9.17) is 5.73 Å². The Morgan fingerprint density at radius 1 is 1.50 bits per heavy atom. The number of nitrogen functional groups attached to an aromatic ring is 1. The van der Waals surface area contributed by atoms with E-state index in [9.17, 15) is 4.79 Å². The van der Waals surface area contributed by atoms with Crippen LogP contribution >= 0.6 is 11.3 Å². The van der Waals surface area contributed by atoms with Crippen molar-refractivity contribution >= 4 is 33.0 Å². The first-order valence-electron chi connectivity index (χ1n) is 6.37. The number of aryl methyl sites for hydroxylation is 2. The van der Waals surface area contributed by atoms with Gasteiger partial charge in [0.1, 0.15) is 4.88 Å². The Labute approximate surface area is 122 Å². The maximum atomic E-state index is 12.5. The molecule has 2 aromatic rings. The lowest BCUT2D eigenvalue weighted by Gasteiger charge is -2.16. The SMILES string of the molecule is C=C(C)CN(C)C(=O)c1sc2cc(C)nc(C)c2c1N. The summed E-state index contributed by atoms with van der Waals surface area (Å²) >= 11 is 1.43. The fraction of sp³-hybridized carbons (Fsp3) is 0.333. The largest absolute Gasteiger partial charge is 0.397 e. The van der Waals surface area contributed by atoms with E-state index in [0.29, 0.717) is 17.1 Å². The van der Waals surface area contributed by atoms with Crippen molar-refractivity contribution in [2.75, 3.05) is 19.3 Å². The number of carbonyl (C=O) groups is 1. The minimum atomic E-state index is -0.0660. The molecule has 1 amide bonds. The molecular weight excluding hydrogens is 270 g/mol. The molecule has 0 aliphatic heterocycles. The van der Waals surface area contributed by atoms with Gasteiger partial charge in [-0.1, -0.05) is 12.2 Å². The Kier molecular flexibility index (Phi) is 3.81. The number of thiophene rings is 1. The summed E-state index contributed by atoms with van der Waals surface area (Å²) in [5, 5.41) is 0.896. The van der Waals surface area contributed by atoms with Crippen LogP contribution < -0.4 is 5.73 Å². The van der Waals surface area contributed by atoms with Crippen molar-refractivity contribution in [1.29, 1.82) is 0 Å². The second-order valence-electron chi connectivity index (χ2n) is 5.19. The van der Waals surface area contributed by atoms with Gasteiger partial charge in [0.15, 0.2) is 0 Å². The summed E-state index contributed by atoms with van der Waals surface area (Å²) in [6.45, 7) is 10.1. The molecule has 2 aromatic heterocycles. The predicted octanol–water partition coefficient (Wildman–Crippen LogP) is 3.14. The molecule has 0 saturated carbocycles. The molecule has 0 radical (unpaired) electrons. The molecule has 0 aromatic carbocycles. The normalized spacial score (nSPS) is 10.8. The Balaban J connectivity index is 2.50. The fourth-order valence-electron chi connectivity index (χ4n) is 2.29. The highest BCUT2D eigenvalue weighted by Gasteiger charge is 2.21. The van der Waals surface area contributed by atoms with Crippen molar-refractivity contribution in [1.82, 2.24) is 9.88 Å². The Morgan fingerprint density at radius 2 is 2.15 bits per heavy atom. The van der Waals surface area contributed by atoms with E-state index in [0.717, 1.165) is 27.0 Å². The van der Waals surface area contributed by atoms with Crippen molar-refractivity contribution in [2.45, 2.75) is 20.8 Å². The second-order valence-corrected chi connectivity index (χ2v) is 6.24. The van der Waals surface area contributed by atoms with Gasteiger partial charge in [0.25, 0.3) is 5.91 Å². The van der Waals surface area contributed by atoms with E-state index in [-0.39, 0.29) is 5.91 Å². The average molecular weight is 289 g/mol. The third-order valence-electron chi connectivity index (χ3n) is 3.07. The van der Waals surface area contributed by atoms with Crippen molar-refractivity contribution < 1.29 is 4.79 Å². The summed E-state index contributed by atoms with van der Waals surface area (Å²) in [7, 11) is 1.76. The third-order valence-corrected chi connectivity index (χ3v) is 4.21. The van der Waals surface area contributed by atoms with Gasteiger partial charge in [-0.15, -0.1) is 11.3 Å². The molecule has 106 valence electrons. The highest BCUT2D eigenvalue weighted by Crippen LogP contribution is 2.36. The molecule has 0 fully saturated rings. The summed E-state index contributed by atoms with van der Waals surface area (Å²) in [5.41, 5.74) is 9.44. The van der Waals surface area contributed by atoms with Crippen LogP contribution in [0.1, 0.15) is 28.0 Å². The lowest BCUT2D eigenvalue weighted by Crippen LogP contribution is -2.27. The number of anilines is 1. The van der Waals surface area contributed by atoms with Crippen molar-refractivity contribution in [3.05, 3.63) is 34.5 Å². The average Bonchev–Trinajstić information content (AvgIpc) is 2.64. The zero-order valence-corrected chi connectivity index (χ0v) is 13.1. The molecule has 2 heterocycles. The molecule has 2 rings (SSSR count). The minimum Gasteiger partial charge on any atom is -0.397 e. The van der Waals surface area contributed by atoms with Crippen LogP contribution in [0.5, 0.6) is 0 Å². The standard InChI is InChI=1S/C15H19N3OS/c1-8(2)7-18(5)15(19)14-13(16)12-10(4)17-9(3)6-11(12)20-14/h6H,1,7,16H2,2-5H3. The van der Waals surface area contributed by atoms with Gasteiger partial charge >= 0.3 is 0 Å². The van der Waals surface area contributed by atoms with Crippen LogP contribution in [0.3, 0.4) is 0 Å². The number of fused-ring (bicyclic) bond motifs is 1. The number of pyridine rings is 1. The highest BCUT2D eigenvalue weighted by molar-refractivity contribution is 7.21. The number of nitrogens with two attached hydrogens (primary N) is 1. The number of hydrogen-bond acceptors (Lipinski definition) is 4. The summed E-state index contributed by atoms with van der Waals surface area (Å²) in [6.07, 6.45) is 0. The smallest absolute Gasteiger partial charge is 0.266 e. The van der Waals surface area contributed by atoms with Gasteiger partial charge in [-0.3, -0.25) is 9.78 Å². The maximum Gasteiger partial charge on any atom is 0.266 e. The first-order chi connectivity index (χ1) is 9.31. The summed E-state index contributed by atoms with van der Waals surface area (Å²) in [5.74, 6) is -0.0660. The highest BCUT2D eigenvalue weighted by atomic mass is 32.1. The molecule has 4 nitrogen and oxygen atoms in total. The van der Waals surface area contributed by atoms with Gasteiger partial charge in [0.05, 0.1) is 5.69 Å². The van der Waals surface area contributed by atoms with Gasteiger partial charge in [0.2, 0.25) is 0 Å². The van der Waals surface area contributed by atoms with Crippen molar-refractivity contribution in [3.63, 3.8) is 0 Å². The zero-order chi connectivity index (χ0) is 15.0. The Hall–Kier alpha value is -1.88. The molecule has 0 unspecified atom stereocenters. The van der Waals surface area contributed by atoms with E-state index >= 15 is 0 Å². The molecule has 5 heteroatoms. The second kappa shape index (κ2) is 5.25. The van der Waals surface area contributed by atoms with Gasteiger partial charge in [-0.25, -0.2) is 0 Å². The number of rotatable bonds is 3. The number of nitrogens with zero attached hydrogens (tertiary/aromatic N) is 2. The Morgan fingerprint density at radius 3 is 2.75 bits per heavy atom. The lowest BCUT2D eigenvalue weighted by atomic mass is 10.2. The van der Waals surface area contributed by atoms with Crippen LogP contribution in [0.4, 0.5) is 5.69 Å². The summed E-state index contributed by atoms with van der Waals surface area (Å²) < 4.78 is 1.01. The minimum absolute atomic E-state index is 0.0660. The topological polar surface area (TPSA) is 59.2 Å². The van der Waals surface area contributed by atoms with Crippen LogP contribution in [-0.2, 0) is 0 Å². The molecular formula is C15H19N3OS. The number of aromatic nitrogens is 1. The number of carbonyl (C=O) groups excluding carboxylic acids is 1. The maximum absolute atomic E-state index is 12.5. The van der Waals surface area contributed by atoms with E-state index in [1.165, 1.54) is 11.3 Å². The number of amides is 1. The first kappa shape index (κ1) is 14.5. The Bertz CT molecular complexity index is 703. The molecule has 0 aliphatic carbocycles. The predicted molar refractivity (Wildman–Crippen MR) is 85.3 cm³/mol. The number of hydrogen-bond donors (Lipinski definition) is 1. The van der Waals surface area contributed by atoms with E-state index in [1.54, 1.807) is 11.9 Å². The lowest BCUT2D eigenvalue weighted by molar-refractivity contribution is 0.0812. The molecule has 0 bridgehead atoms. The van der Waals surface area contributed by atoms with Crippen LogP contribution in [0.2, 0.25) is 0 Å². The quantitative estimate of drug-likeness (QED) is 0.883. The van der Waals surface area contributed by atoms with Gasteiger partial charge in [-0.2, -0.15) is 0 Å². The van der Waals surface area contributed by atoms with Crippen molar-refractivity contribution in [3.8, 4) is 0 Å². The third kappa shape index (κ3) is 2.54. The van der Waals surface area contributed by atoms with Crippen LogP contribution in [0, 0.1) is 13.8 Å². The zero-order valence-electron chi connectivity index (χ0n) is 12.3. The van der Waals surface area contributed by atoms with E-state index in [2.05, 4.69) is 11.6 Å². The molecule has 0 spiro atoms. The monoisotopic (exact) mass is 289 g/mol. The summed E-state index contributed by atoms with van der Waals surface area (Å²) in [6, 6.07) is 1.97. The van der Waals surface area contributed by atoms with E-state index < -0.39 is 0 Å². The molecule has 0 saturated heterocycles. The molecule has 0 atom stereocenters.